The van der Waals surface area contributed by atoms with Crippen LogP contribution < -0.4 is 11.1 Å². The van der Waals surface area contributed by atoms with Gasteiger partial charge in [0.2, 0.25) is 5.91 Å². The monoisotopic (exact) mass is 447 g/mol. The van der Waals surface area contributed by atoms with Crippen molar-refractivity contribution in [1.82, 2.24) is 19.9 Å². The van der Waals surface area contributed by atoms with Gasteiger partial charge in [-0.05, 0) is 55.6 Å². The minimum absolute atomic E-state index is 0.177. The molecule has 32 heavy (non-hydrogen) atoms. The van der Waals surface area contributed by atoms with E-state index in [0.29, 0.717) is 29.1 Å². The molecule has 172 valence electrons. The Morgan fingerprint density at radius 2 is 2.00 bits per heavy atom. The Labute approximate surface area is 183 Å². The molecule has 3 heterocycles. The second kappa shape index (κ2) is 7.47. The minimum Gasteiger partial charge on any atom is -0.468 e. The number of halogens is 2. The maximum atomic E-state index is 14.2. The number of nitrogens with zero attached hydrogens (tertiary/aromatic N) is 3. The van der Waals surface area contributed by atoms with Gasteiger partial charge in [0.05, 0.1) is 37.3 Å². The van der Waals surface area contributed by atoms with Crippen LogP contribution in [-0.2, 0) is 20.7 Å². The third-order valence-corrected chi connectivity index (χ3v) is 7.04. The van der Waals surface area contributed by atoms with Gasteiger partial charge in [0.25, 0.3) is 5.92 Å². The Kier molecular flexibility index (Phi) is 4.96. The molecule has 2 atom stereocenters. The number of nitrogens with one attached hydrogen (secondary N) is 1. The van der Waals surface area contributed by atoms with Gasteiger partial charge in [0.1, 0.15) is 0 Å². The molecular weight excluding hydrogens is 420 g/mol. The van der Waals surface area contributed by atoms with Crippen LogP contribution in [0.4, 0.5) is 8.78 Å². The number of ether oxygens (including phenoxy) is 1. The molecule has 0 radical (unpaired) electrons. The topological polar surface area (TPSA) is 112 Å². The molecule has 8 nitrogen and oxygen atoms in total. The predicted molar refractivity (Wildman–Crippen MR) is 110 cm³/mol. The molecule has 1 saturated heterocycles. The van der Waals surface area contributed by atoms with E-state index in [-0.39, 0.29) is 12.5 Å². The van der Waals surface area contributed by atoms with E-state index in [1.54, 1.807) is 22.8 Å². The number of alkyl halides is 2. The third kappa shape index (κ3) is 3.74. The second-order valence-corrected chi connectivity index (χ2v) is 9.54. The van der Waals surface area contributed by atoms with E-state index in [1.807, 2.05) is 0 Å². The lowest BCUT2D eigenvalue weighted by molar-refractivity contribution is -0.172. The molecule has 2 aromatic rings. The van der Waals surface area contributed by atoms with Gasteiger partial charge in [-0.3, -0.25) is 9.59 Å². The van der Waals surface area contributed by atoms with Gasteiger partial charge in [0.15, 0.2) is 11.1 Å². The minimum atomic E-state index is -3.22. The average Bonchev–Trinajstić information content (AvgIpc) is 3.69. The molecule has 1 aliphatic heterocycles. The van der Waals surface area contributed by atoms with Crippen LogP contribution in [0.15, 0.2) is 18.3 Å². The van der Waals surface area contributed by atoms with Crippen molar-refractivity contribution in [2.75, 3.05) is 13.7 Å². The van der Waals surface area contributed by atoms with Gasteiger partial charge in [-0.1, -0.05) is 0 Å². The van der Waals surface area contributed by atoms with Crippen LogP contribution in [0, 0.1) is 23.2 Å². The summed E-state index contributed by atoms with van der Waals surface area (Å²) in [6.07, 6.45) is 5.40. The maximum Gasteiger partial charge on any atom is 0.322 e. The van der Waals surface area contributed by atoms with Crippen molar-refractivity contribution in [3.05, 3.63) is 29.7 Å². The number of nitrogens with two attached hydrogens (primary N) is 1. The fourth-order valence-electron chi connectivity index (χ4n) is 5.17. The molecule has 2 aliphatic carbocycles. The first-order valence-electron chi connectivity index (χ1n) is 11.1. The molecular formula is C22H27F2N5O3. The van der Waals surface area contributed by atoms with E-state index < -0.39 is 36.2 Å². The fraction of sp³-hybridized carbons (Fsp3) is 0.636. The highest BCUT2D eigenvalue weighted by atomic mass is 19.3. The van der Waals surface area contributed by atoms with E-state index in [1.165, 1.54) is 25.7 Å². The lowest BCUT2D eigenvalue weighted by Gasteiger charge is -2.37. The summed E-state index contributed by atoms with van der Waals surface area (Å²) in [4.78, 5) is 29.7. The van der Waals surface area contributed by atoms with Crippen molar-refractivity contribution in [3.8, 4) is 0 Å². The molecule has 10 heteroatoms. The molecule has 0 bridgehead atoms. The van der Waals surface area contributed by atoms with Crippen LogP contribution in [-0.4, -0.2) is 46.1 Å². The maximum absolute atomic E-state index is 14.2. The van der Waals surface area contributed by atoms with Crippen LogP contribution in [0.25, 0.3) is 5.65 Å². The largest absolute Gasteiger partial charge is 0.468 e. The van der Waals surface area contributed by atoms with Crippen molar-refractivity contribution in [2.45, 2.75) is 50.5 Å². The van der Waals surface area contributed by atoms with E-state index in [9.17, 15) is 18.4 Å². The first-order chi connectivity index (χ1) is 15.2. The zero-order valence-electron chi connectivity index (χ0n) is 17.9. The van der Waals surface area contributed by atoms with Crippen molar-refractivity contribution in [1.29, 1.82) is 0 Å². The zero-order valence-corrected chi connectivity index (χ0v) is 17.9. The number of methoxy groups -OCH3 is 1. The first-order valence-corrected chi connectivity index (χ1v) is 11.1. The lowest BCUT2D eigenvalue weighted by atomic mass is 9.74. The molecule has 3 N–H and O–H groups in total. The summed E-state index contributed by atoms with van der Waals surface area (Å²) in [5.74, 6) is -3.24. The SMILES string of the molecule is COC(=O)C1(Cc2ccc3nc(C(N)C(C4CC4)C4CC4)cn3n2)CC(F)(F)CNC1=O. The van der Waals surface area contributed by atoms with Crippen LogP contribution >= 0.6 is 0 Å². The molecule has 1 amide bonds. The number of imidazole rings is 1. The van der Waals surface area contributed by atoms with Crippen LogP contribution in [0.3, 0.4) is 0 Å². The molecule has 5 rings (SSSR count). The number of amides is 1. The smallest absolute Gasteiger partial charge is 0.322 e. The van der Waals surface area contributed by atoms with E-state index in [2.05, 4.69) is 15.4 Å². The highest BCUT2D eigenvalue weighted by molar-refractivity contribution is 6.03. The molecule has 2 saturated carbocycles. The number of aromatic nitrogens is 3. The van der Waals surface area contributed by atoms with E-state index in [4.69, 9.17) is 10.5 Å². The third-order valence-electron chi connectivity index (χ3n) is 7.04. The zero-order chi connectivity index (χ0) is 22.7. The number of piperidine rings is 1. The summed E-state index contributed by atoms with van der Waals surface area (Å²) in [5.41, 5.74) is 6.20. The molecule has 0 spiro atoms. The molecule has 3 fully saturated rings. The number of carbonyl (C=O) groups is 2. The summed E-state index contributed by atoms with van der Waals surface area (Å²) < 4.78 is 34.6. The summed E-state index contributed by atoms with van der Waals surface area (Å²) in [7, 11) is 1.08. The van der Waals surface area contributed by atoms with Crippen LogP contribution in [0.1, 0.15) is 49.5 Å². The molecule has 3 aliphatic rings. The predicted octanol–water partition coefficient (Wildman–Crippen LogP) is 2.02. The van der Waals surface area contributed by atoms with Crippen molar-refractivity contribution in [2.24, 2.45) is 28.9 Å². The number of carbonyl (C=O) groups excluding carboxylic acids is 2. The summed E-state index contributed by atoms with van der Waals surface area (Å²) in [6, 6.07) is 3.12. The first kappa shape index (κ1) is 21.2. The Hall–Kier alpha value is -2.62. The normalized spacial score (nSPS) is 26.2. The second-order valence-electron chi connectivity index (χ2n) is 9.54. The number of fused-ring (bicyclic) bond motifs is 1. The van der Waals surface area contributed by atoms with Gasteiger partial charge < -0.3 is 15.8 Å². The molecule has 0 aromatic carbocycles. The van der Waals surface area contributed by atoms with Crippen molar-refractivity contribution < 1.29 is 23.1 Å². The Balaban J connectivity index is 1.44. The Bertz CT molecular complexity index is 1040. The number of hydrogen-bond acceptors (Lipinski definition) is 6. The number of rotatable bonds is 7. The van der Waals surface area contributed by atoms with Crippen molar-refractivity contribution >= 4 is 17.5 Å². The van der Waals surface area contributed by atoms with Gasteiger partial charge in [0, 0.05) is 12.8 Å². The van der Waals surface area contributed by atoms with Crippen LogP contribution in [0.5, 0.6) is 0 Å². The summed E-state index contributed by atoms with van der Waals surface area (Å²) >= 11 is 0. The van der Waals surface area contributed by atoms with E-state index in [0.717, 1.165) is 12.8 Å². The molecule has 2 aromatic heterocycles. The highest BCUT2D eigenvalue weighted by Gasteiger charge is 2.57. The standard InChI is InChI=1S/C22H27F2N5O3/c1-32-20(31)21(10-22(23,24)11-26-19(21)30)8-14-6-7-16-27-15(9-29(16)28-14)18(25)17(12-2-3-12)13-4-5-13/h6-7,9,12-13,17-18H,2-5,8,10-11,25H2,1H3,(H,26,30). The Morgan fingerprint density at radius 1 is 1.31 bits per heavy atom. The molecule has 2 unspecified atom stereocenters. The lowest BCUT2D eigenvalue weighted by Crippen LogP contribution is -2.59. The van der Waals surface area contributed by atoms with E-state index >= 15 is 0 Å². The van der Waals surface area contributed by atoms with Gasteiger partial charge >= 0.3 is 5.97 Å². The quantitative estimate of drug-likeness (QED) is 0.496. The van der Waals surface area contributed by atoms with Gasteiger partial charge in [-0.25, -0.2) is 18.3 Å². The number of hydrogen-bond donors (Lipinski definition) is 2. The summed E-state index contributed by atoms with van der Waals surface area (Å²) in [6.45, 7) is -0.803. The highest BCUT2D eigenvalue weighted by Crippen LogP contribution is 2.53. The average molecular weight is 447 g/mol. The number of esters is 1. The van der Waals surface area contributed by atoms with Crippen molar-refractivity contribution in [3.63, 3.8) is 0 Å². The van der Waals surface area contributed by atoms with Gasteiger partial charge in [-0.15, -0.1) is 0 Å². The summed E-state index contributed by atoms with van der Waals surface area (Å²) in [5, 5.41) is 6.61. The fourth-order valence-corrected chi connectivity index (χ4v) is 5.17. The van der Waals surface area contributed by atoms with Crippen LogP contribution in [0.2, 0.25) is 0 Å². The Morgan fingerprint density at radius 3 is 2.62 bits per heavy atom. The van der Waals surface area contributed by atoms with Gasteiger partial charge in [-0.2, -0.15) is 5.10 Å².